The largest absolute Gasteiger partial charge is 0.376 e. The molecular formula is C19H27ClN4O3. The highest BCUT2D eigenvalue weighted by atomic mass is 35.5. The van der Waals surface area contributed by atoms with Gasteiger partial charge in [-0.3, -0.25) is 14.3 Å². The minimum atomic E-state index is -0.0575. The van der Waals surface area contributed by atoms with Crippen LogP contribution in [0.15, 0.2) is 6.20 Å². The molecule has 7 nitrogen and oxygen atoms in total. The number of nitrogens with zero attached hydrogens (tertiary/aromatic N) is 4. The van der Waals surface area contributed by atoms with E-state index >= 15 is 0 Å². The lowest BCUT2D eigenvalue weighted by atomic mass is 9.72. The Bertz CT molecular complexity index is 701. The van der Waals surface area contributed by atoms with Gasteiger partial charge in [0.05, 0.1) is 17.3 Å². The zero-order valence-corrected chi connectivity index (χ0v) is 16.6. The number of halogens is 1. The molecule has 3 aliphatic rings. The van der Waals surface area contributed by atoms with E-state index < -0.39 is 0 Å². The SMILES string of the molecule is Cn1ncc(Cl)c1C(=O)N1CCC2(CCC(=O)N(CC3CCCO3)C2)CC1. The standard InChI is InChI=1S/C19H27ClN4O3/c1-22-17(15(20)11-21-22)18(26)23-8-6-19(7-9-23)5-4-16(25)24(13-19)12-14-3-2-10-27-14/h11,14H,2-10,12-13H2,1H3. The van der Waals surface area contributed by atoms with E-state index in [1.165, 1.54) is 10.9 Å². The lowest BCUT2D eigenvalue weighted by Gasteiger charge is -2.47. The van der Waals surface area contributed by atoms with Crippen molar-refractivity contribution in [3.8, 4) is 0 Å². The van der Waals surface area contributed by atoms with Crippen LogP contribution in [-0.2, 0) is 16.6 Å². The lowest BCUT2D eigenvalue weighted by Crippen LogP contribution is -2.53. The predicted octanol–water partition coefficient (Wildman–Crippen LogP) is 2.10. The summed E-state index contributed by atoms with van der Waals surface area (Å²) < 4.78 is 7.26. The first-order chi connectivity index (χ1) is 13.0. The molecule has 4 rings (SSSR count). The van der Waals surface area contributed by atoms with Crippen LogP contribution >= 0.6 is 11.6 Å². The monoisotopic (exact) mass is 394 g/mol. The maximum atomic E-state index is 12.8. The second kappa shape index (κ2) is 7.43. The molecule has 0 saturated carbocycles. The van der Waals surface area contributed by atoms with Crippen LogP contribution in [0, 0.1) is 5.41 Å². The second-order valence-electron chi connectivity index (χ2n) is 8.17. The molecule has 3 saturated heterocycles. The predicted molar refractivity (Wildman–Crippen MR) is 101 cm³/mol. The highest BCUT2D eigenvalue weighted by Crippen LogP contribution is 2.41. The summed E-state index contributed by atoms with van der Waals surface area (Å²) in [5.41, 5.74) is 0.575. The molecule has 1 aromatic rings. The third kappa shape index (κ3) is 3.72. The minimum Gasteiger partial charge on any atom is -0.376 e. The van der Waals surface area contributed by atoms with Crippen molar-refractivity contribution >= 4 is 23.4 Å². The first-order valence-corrected chi connectivity index (χ1v) is 10.2. The Hall–Kier alpha value is -1.60. The fraction of sp³-hybridized carbons (Fsp3) is 0.737. The van der Waals surface area contributed by atoms with Crippen LogP contribution in [-0.4, -0.2) is 70.3 Å². The number of likely N-dealkylation sites (tertiary alicyclic amines) is 2. The Morgan fingerprint density at radius 1 is 1.37 bits per heavy atom. The average molecular weight is 395 g/mol. The summed E-state index contributed by atoms with van der Waals surface area (Å²) >= 11 is 6.13. The minimum absolute atomic E-state index is 0.0575. The van der Waals surface area contributed by atoms with Gasteiger partial charge in [0.2, 0.25) is 5.91 Å². The van der Waals surface area contributed by atoms with Crippen molar-refractivity contribution in [3.05, 3.63) is 16.9 Å². The van der Waals surface area contributed by atoms with E-state index in [1.807, 2.05) is 9.80 Å². The number of amides is 2. The third-order valence-electron chi connectivity index (χ3n) is 6.40. The molecule has 1 spiro atoms. The molecule has 148 valence electrons. The Kier molecular flexibility index (Phi) is 5.16. The summed E-state index contributed by atoms with van der Waals surface area (Å²) in [5.74, 6) is 0.189. The number of ether oxygens (including phenoxy) is 1. The van der Waals surface area contributed by atoms with Gasteiger partial charge in [0, 0.05) is 46.3 Å². The smallest absolute Gasteiger partial charge is 0.273 e. The van der Waals surface area contributed by atoms with E-state index in [0.717, 1.165) is 45.3 Å². The van der Waals surface area contributed by atoms with E-state index in [2.05, 4.69) is 5.10 Å². The Morgan fingerprint density at radius 3 is 2.78 bits per heavy atom. The van der Waals surface area contributed by atoms with Crippen molar-refractivity contribution in [1.82, 2.24) is 19.6 Å². The molecule has 0 N–H and O–H groups in total. The molecule has 0 radical (unpaired) electrons. The molecule has 0 bridgehead atoms. The fourth-order valence-corrected chi connectivity index (χ4v) is 4.94. The fourth-order valence-electron chi connectivity index (χ4n) is 4.70. The first-order valence-electron chi connectivity index (χ1n) is 9.84. The topological polar surface area (TPSA) is 67.7 Å². The number of hydrogen-bond donors (Lipinski definition) is 0. The molecule has 1 aromatic heterocycles. The van der Waals surface area contributed by atoms with Crippen molar-refractivity contribution in [1.29, 1.82) is 0 Å². The lowest BCUT2D eigenvalue weighted by molar-refractivity contribution is -0.141. The molecule has 4 heterocycles. The molecular weight excluding hydrogens is 368 g/mol. The maximum absolute atomic E-state index is 12.8. The van der Waals surface area contributed by atoms with Gasteiger partial charge in [0.15, 0.2) is 0 Å². The van der Waals surface area contributed by atoms with Crippen LogP contribution in [0.5, 0.6) is 0 Å². The molecule has 2 amide bonds. The van der Waals surface area contributed by atoms with Gasteiger partial charge in [-0.15, -0.1) is 0 Å². The summed E-state index contributed by atoms with van der Waals surface area (Å²) in [6.07, 6.45) is 7.20. The Morgan fingerprint density at radius 2 is 2.15 bits per heavy atom. The molecule has 0 aliphatic carbocycles. The van der Waals surface area contributed by atoms with Crippen molar-refractivity contribution in [3.63, 3.8) is 0 Å². The highest BCUT2D eigenvalue weighted by Gasteiger charge is 2.42. The summed E-state index contributed by atoms with van der Waals surface area (Å²) in [5, 5.41) is 4.46. The van der Waals surface area contributed by atoms with Crippen molar-refractivity contribution < 1.29 is 14.3 Å². The van der Waals surface area contributed by atoms with Crippen molar-refractivity contribution in [2.24, 2.45) is 12.5 Å². The van der Waals surface area contributed by atoms with Gasteiger partial charge in [-0.2, -0.15) is 5.10 Å². The summed E-state index contributed by atoms with van der Waals surface area (Å²) in [6.45, 7) is 3.71. The van der Waals surface area contributed by atoms with Crippen LogP contribution in [0.25, 0.3) is 0 Å². The molecule has 3 aliphatic heterocycles. The van der Waals surface area contributed by atoms with E-state index in [-0.39, 0.29) is 23.3 Å². The number of carbonyl (C=O) groups excluding carboxylic acids is 2. The molecule has 1 atom stereocenters. The normalized spacial score (nSPS) is 25.4. The van der Waals surface area contributed by atoms with Gasteiger partial charge < -0.3 is 14.5 Å². The maximum Gasteiger partial charge on any atom is 0.273 e. The molecule has 1 unspecified atom stereocenters. The van der Waals surface area contributed by atoms with Gasteiger partial charge in [0.25, 0.3) is 5.91 Å². The molecule has 8 heteroatoms. The van der Waals surface area contributed by atoms with E-state index in [9.17, 15) is 9.59 Å². The third-order valence-corrected chi connectivity index (χ3v) is 6.68. The van der Waals surface area contributed by atoms with E-state index in [1.54, 1.807) is 7.05 Å². The highest BCUT2D eigenvalue weighted by molar-refractivity contribution is 6.33. The van der Waals surface area contributed by atoms with Crippen LogP contribution in [0.1, 0.15) is 49.0 Å². The van der Waals surface area contributed by atoms with Crippen LogP contribution in [0.3, 0.4) is 0 Å². The van der Waals surface area contributed by atoms with Gasteiger partial charge in [0.1, 0.15) is 5.69 Å². The second-order valence-corrected chi connectivity index (χ2v) is 8.57. The summed E-state index contributed by atoms with van der Waals surface area (Å²) in [4.78, 5) is 29.1. The number of aryl methyl sites for hydroxylation is 1. The Labute approximate surface area is 164 Å². The van der Waals surface area contributed by atoms with Gasteiger partial charge >= 0.3 is 0 Å². The van der Waals surface area contributed by atoms with Gasteiger partial charge in [-0.25, -0.2) is 0 Å². The first kappa shape index (κ1) is 18.7. The number of piperidine rings is 2. The number of rotatable bonds is 3. The number of aromatic nitrogens is 2. The summed E-state index contributed by atoms with van der Waals surface area (Å²) in [6, 6.07) is 0. The van der Waals surface area contributed by atoms with Crippen molar-refractivity contribution in [2.75, 3.05) is 32.8 Å². The van der Waals surface area contributed by atoms with E-state index in [0.29, 0.717) is 36.8 Å². The zero-order chi connectivity index (χ0) is 19.0. The number of carbonyl (C=O) groups is 2. The molecule has 0 aromatic carbocycles. The zero-order valence-electron chi connectivity index (χ0n) is 15.8. The van der Waals surface area contributed by atoms with Gasteiger partial charge in [-0.05, 0) is 37.5 Å². The van der Waals surface area contributed by atoms with Crippen LogP contribution in [0.2, 0.25) is 5.02 Å². The number of hydrogen-bond acceptors (Lipinski definition) is 4. The average Bonchev–Trinajstić information content (AvgIpc) is 3.28. The van der Waals surface area contributed by atoms with E-state index in [4.69, 9.17) is 16.3 Å². The molecule has 27 heavy (non-hydrogen) atoms. The summed E-state index contributed by atoms with van der Waals surface area (Å²) in [7, 11) is 1.74. The Balaban J connectivity index is 1.38. The van der Waals surface area contributed by atoms with Crippen LogP contribution < -0.4 is 0 Å². The molecule has 3 fully saturated rings. The van der Waals surface area contributed by atoms with Crippen molar-refractivity contribution in [2.45, 2.75) is 44.6 Å². The van der Waals surface area contributed by atoms with Crippen LogP contribution in [0.4, 0.5) is 0 Å². The quantitative estimate of drug-likeness (QED) is 0.787. The van der Waals surface area contributed by atoms with Gasteiger partial charge in [-0.1, -0.05) is 11.6 Å².